The summed E-state index contributed by atoms with van der Waals surface area (Å²) in [6.45, 7) is 9.07. The van der Waals surface area contributed by atoms with Crippen LogP contribution in [0.15, 0.2) is 158 Å². The van der Waals surface area contributed by atoms with E-state index in [1.54, 1.807) is 0 Å². The summed E-state index contributed by atoms with van der Waals surface area (Å²) < 4.78 is 4.87. The summed E-state index contributed by atoms with van der Waals surface area (Å²) >= 11 is 0. The van der Waals surface area contributed by atoms with E-state index in [1.807, 2.05) is 6.20 Å². The molecule has 0 aliphatic rings. The van der Waals surface area contributed by atoms with Crippen molar-refractivity contribution in [3.8, 4) is 22.6 Å². The van der Waals surface area contributed by atoms with E-state index in [0.29, 0.717) is 11.8 Å². The summed E-state index contributed by atoms with van der Waals surface area (Å²) in [6.07, 6.45) is 1.97. The monoisotopic (exact) mass is 720 g/mol. The molecule has 11 rings (SSSR count). The second-order valence-corrected chi connectivity index (χ2v) is 15.8. The van der Waals surface area contributed by atoms with Crippen LogP contribution in [-0.2, 0) is 0 Å². The molecule has 0 radical (unpaired) electrons. The normalized spacial score (nSPS) is 12.2. The minimum Gasteiger partial charge on any atom is -0.309 e. The van der Waals surface area contributed by atoms with Crippen LogP contribution < -0.4 is 0 Å². The third-order valence-electron chi connectivity index (χ3n) is 11.9. The van der Waals surface area contributed by atoms with Gasteiger partial charge >= 0.3 is 0 Å². The first-order valence-corrected chi connectivity index (χ1v) is 19.7. The fraction of sp³-hybridized carbons (Fsp3) is 0.115. The third-order valence-corrected chi connectivity index (χ3v) is 11.9. The lowest BCUT2D eigenvalue weighted by Gasteiger charge is -2.16. The van der Waals surface area contributed by atoms with Crippen LogP contribution in [0.25, 0.3) is 98.8 Å². The summed E-state index contributed by atoms with van der Waals surface area (Å²) in [7, 11) is 0. The highest BCUT2D eigenvalue weighted by Gasteiger charge is 2.20. The molecule has 4 nitrogen and oxygen atoms in total. The first kappa shape index (κ1) is 32.6. The van der Waals surface area contributed by atoms with Crippen molar-refractivity contribution >= 4 is 76.2 Å². The number of fused-ring (bicyclic) bond motifs is 12. The zero-order valence-corrected chi connectivity index (χ0v) is 32.0. The Balaban J connectivity index is 1.24. The van der Waals surface area contributed by atoms with E-state index >= 15 is 0 Å². The van der Waals surface area contributed by atoms with E-state index in [-0.39, 0.29) is 0 Å². The van der Waals surface area contributed by atoms with Crippen LogP contribution in [0.1, 0.15) is 50.7 Å². The maximum absolute atomic E-state index is 5.50. The molecule has 0 saturated heterocycles. The van der Waals surface area contributed by atoms with Crippen LogP contribution in [0.2, 0.25) is 0 Å². The Bertz CT molecular complexity index is 3200. The molecule has 11 aromatic rings. The van der Waals surface area contributed by atoms with Crippen molar-refractivity contribution in [1.82, 2.24) is 19.1 Å². The first-order chi connectivity index (χ1) is 27.4. The molecule has 0 bridgehead atoms. The molecule has 0 N–H and O–H groups in total. The molecule has 0 saturated carbocycles. The molecule has 0 aliphatic heterocycles. The molecule has 268 valence electrons. The molecule has 3 heterocycles. The van der Waals surface area contributed by atoms with E-state index in [9.17, 15) is 0 Å². The standard InChI is InChI=1S/C52H40N4/c1-31(2)33-21-23-49-44(27-33)40-15-9-11-19-47(40)55(49)36-25-35(46-30-53-51-42-17-7-5-13-38(42)39-14-6-8-18-43(39)52(51)54-46)26-37(29-36)56-48-20-12-10-16-41(48)45-28-34(32(3)4)22-24-50(45)56/h5-32H,1-4H3. The van der Waals surface area contributed by atoms with Gasteiger partial charge in [-0.1, -0.05) is 125 Å². The Labute approximate surface area is 325 Å². The van der Waals surface area contributed by atoms with E-state index in [1.165, 1.54) is 65.5 Å². The van der Waals surface area contributed by atoms with Gasteiger partial charge in [-0.3, -0.25) is 4.98 Å². The Morgan fingerprint density at radius 3 is 1.32 bits per heavy atom. The first-order valence-electron chi connectivity index (χ1n) is 19.7. The predicted octanol–water partition coefficient (Wildman–Crippen LogP) is 14.0. The molecule has 0 atom stereocenters. The van der Waals surface area contributed by atoms with Gasteiger partial charge < -0.3 is 9.13 Å². The number of hydrogen-bond acceptors (Lipinski definition) is 2. The second-order valence-electron chi connectivity index (χ2n) is 15.8. The van der Waals surface area contributed by atoms with Crippen molar-refractivity contribution in [2.24, 2.45) is 0 Å². The fourth-order valence-electron chi connectivity index (χ4n) is 9.02. The van der Waals surface area contributed by atoms with Gasteiger partial charge in [-0.25, -0.2) is 4.98 Å². The molecule has 56 heavy (non-hydrogen) atoms. The van der Waals surface area contributed by atoms with Crippen LogP contribution in [-0.4, -0.2) is 19.1 Å². The summed E-state index contributed by atoms with van der Waals surface area (Å²) in [5, 5.41) is 9.64. The summed E-state index contributed by atoms with van der Waals surface area (Å²) in [5.74, 6) is 0.866. The van der Waals surface area contributed by atoms with Gasteiger partial charge in [0.05, 0.1) is 45.0 Å². The maximum atomic E-state index is 5.50. The van der Waals surface area contributed by atoms with Crippen LogP contribution in [0, 0.1) is 0 Å². The highest BCUT2D eigenvalue weighted by Crippen LogP contribution is 2.40. The minimum absolute atomic E-state index is 0.433. The molecule has 3 aromatic heterocycles. The lowest BCUT2D eigenvalue weighted by atomic mass is 9.99. The molecule has 0 spiro atoms. The number of hydrogen-bond donors (Lipinski definition) is 0. The Morgan fingerprint density at radius 2 is 0.821 bits per heavy atom. The summed E-state index contributed by atoms with van der Waals surface area (Å²) in [5.41, 5.74) is 13.3. The molecule has 0 unspecified atom stereocenters. The van der Waals surface area contributed by atoms with Crippen molar-refractivity contribution in [1.29, 1.82) is 0 Å². The molecule has 8 aromatic carbocycles. The van der Waals surface area contributed by atoms with Crippen molar-refractivity contribution in [2.45, 2.75) is 39.5 Å². The van der Waals surface area contributed by atoms with Crippen molar-refractivity contribution in [3.05, 3.63) is 169 Å². The summed E-state index contributed by atoms with van der Waals surface area (Å²) in [4.78, 5) is 10.7. The molecule has 0 aliphatic carbocycles. The maximum Gasteiger partial charge on any atom is 0.0979 e. The quantitative estimate of drug-likeness (QED) is 0.166. The topological polar surface area (TPSA) is 35.6 Å². The lowest BCUT2D eigenvalue weighted by Crippen LogP contribution is -2.01. The van der Waals surface area contributed by atoms with Gasteiger partial charge in [-0.15, -0.1) is 0 Å². The predicted molar refractivity (Wildman–Crippen MR) is 237 cm³/mol. The van der Waals surface area contributed by atoms with Gasteiger partial charge in [0, 0.05) is 49.3 Å². The van der Waals surface area contributed by atoms with Gasteiger partial charge in [0.25, 0.3) is 0 Å². The third kappa shape index (κ3) is 4.85. The molecular weight excluding hydrogens is 681 g/mol. The van der Waals surface area contributed by atoms with E-state index in [0.717, 1.165) is 44.4 Å². The van der Waals surface area contributed by atoms with E-state index < -0.39 is 0 Å². The SMILES string of the molecule is CC(C)c1ccc2c(c1)c1ccccc1n2-c1cc(-c2cnc3c4ccccc4c4ccccc4c3n2)cc(-n2c3ccccc3c3cc(C(C)C)ccc32)c1. The molecule has 4 heteroatoms. The summed E-state index contributed by atoms with van der Waals surface area (Å²) in [6, 6.07) is 55.6. The van der Waals surface area contributed by atoms with E-state index in [2.05, 4.69) is 188 Å². The number of nitrogens with zero attached hydrogens (tertiary/aromatic N) is 4. The highest BCUT2D eigenvalue weighted by atomic mass is 15.0. The fourth-order valence-corrected chi connectivity index (χ4v) is 9.02. The smallest absolute Gasteiger partial charge is 0.0979 e. The molecular formula is C52H40N4. The number of rotatable bonds is 5. The zero-order chi connectivity index (χ0) is 37.7. The van der Waals surface area contributed by atoms with Gasteiger partial charge in [0.1, 0.15) is 0 Å². The van der Waals surface area contributed by atoms with Crippen LogP contribution >= 0.6 is 0 Å². The van der Waals surface area contributed by atoms with E-state index in [4.69, 9.17) is 9.97 Å². The molecule has 0 fully saturated rings. The molecule has 0 amide bonds. The highest BCUT2D eigenvalue weighted by molar-refractivity contribution is 6.23. The largest absolute Gasteiger partial charge is 0.309 e. The average molecular weight is 721 g/mol. The number of para-hydroxylation sites is 2. The van der Waals surface area contributed by atoms with Crippen LogP contribution in [0.4, 0.5) is 0 Å². The van der Waals surface area contributed by atoms with Gasteiger partial charge in [-0.2, -0.15) is 0 Å². The van der Waals surface area contributed by atoms with Gasteiger partial charge in [0.2, 0.25) is 0 Å². The van der Waals surface area contributed by atoms with Crippen LogP contribution in [0.3, 0.4) is 0 Å². The van der Waals surface area contributed by atoms with Gasteiger partial charge in [-0.05, 0) is 88.3 Å². The Morgan fingerprint density at radius 1 is 0.393 bits per heavy atom. The average Bonchev–Trinajstić information content (AvgIpc) is 3.75. The van der Waals surface area contributed by atoms with Crippen molar-refractivity contribution in [2.75, 3.05) is 0 Å². The second kappa shape index (κ2) is 12.4. The zero-order valence-electron chi connectivity index (χ0n) is 32.0. The van der Waals surface area contributed by atoms with Gasteiger partial charge in [0.15, 0.2) is 0 Å². The van der Waals surface area contributed by atoms with Crippen LogP contribution in [0.5, 0.6) is 0 Å². The van der Waals surface area contributed by atoms with Crippen molar-refractivity contribution in [3.63, 3.8) is 0 Å². The number of aromatic nitrogens is 4. The Kier molecular flexibility index (Phi) is 7.21. The number of benzene rings is 8. The minimum atomic E-state index is 0.433. The Hall–Kier alpha value is -6.78. The lowest BCUT2D eigenvalue weighted by molar-refractivity contribution is 0.868. The van der Waals surface area contributed by atoms with Crippen molar-refractivity contribution < 1.29 is 0 Å².